The van der Waals surface area contributed by atoms with Crippen molar-refractivity contribution in [3.8, 4) is 0 Å². The molecule has 1 N–H and O–H groups in total. The summed E-state index contributed by atoms with van der Waals surface area (Å²) in [6.07, 6.45) is 0.351. The number of nitrogens with zero attached hydrogens (tertiary/aromatic N) is 2. The Balaban J connectivity index is 2.02. The number of aryl methyl sites for hydroxylation is 1. The van der Waals surface area contributed by atoms with Gasteiger partial charge in [-0.15, -0.1) is 0 Å². The highest BCUT2D eigenvalue weighted by Crippen LogP contribution is 2.22. The van der Waals surface area contributed by atoms with E-state index in [0.717, 1.165) is 11.3 Å². The van der Waals surface area contributed by atoms with Crippen LogP contribution in [0.15, 0.2) is 24.3 Å². The third-order valence-corrected chi connectivity index (χ3v) is 4.15. The minimum atomic E-state index is -0.142. The SMILES string of the molecule is Cc1ccc(N2C[C@H](NC(=O)N(C(C)C)C(C)C)CC2=O)cc1. The highest BCUT2D eigenvalue weighted by atomic mass is 16.2. The fourth-order valence-electron chi connectivity index (χ4n) is 3.09. The van der Waals surface area contributed by atoms with Crippen LogP contribution in [-0.4, -0.2) is 41.5 Å². The molecule has 1 aliphatic heterocycles. The van der Waals surface area contributed by atoms with Crippen molar-refractivity contribution in [3.63, 3.8) is 0 Å². The van der Waals surface area contributed by atoms with Gasteiger partial charge in [0.2, 0.25) is 5.91 Å². The molecule has 1 aromatic rings. The Bertz CT molecular complexity index is 558. The molecule has 0 spiro atoms. The van der Waals surface area contributed by atoms with E-state index in [1.165, 1.54) is 0 Å². The van der Waals surface area contributed by atoms with Crippen molar-refractivity contribution in [2.45, 2.75) is 59.2 Å². The fourth-order valence-corrected chi connectivity index (χ4v) is 3.09. The number of carbonyl (C=O) groups is 2. The molecule has 1 heterocycles. The summed E-state index contributed by atoms with van der Waals surface area (Å²) in [6.45, 7) is 10.5. The van der Waals surface area contributed by atoms with Crippen LogP contribution in [0.5, 0.6) is 0 Å². The van der Waals surface area contributed by atoms with Gasteiger partial charge >= 0.3 is 6.03 Å². The normalized spacial score (nSPS) is 18.0. The van der Waals surface area contributed by atoms with Gasteiger partial charge in [-0.05, 0) is 46.8 Å². The first kappa shape index (κ1) is 17.3. The van der Waals surface area contributed by atoms with Crippen LogP contribution in [0, 0.1) is 6.92 Å². The lowest BCUT2D eigenvalue weighted by Gasteiger charge is -2.32. The van der Waals surface area contributed by atoms with E-state index < -0.39 is 0 Å². The molecule has 1 fully saturated rings. The number of amides is 3. The molecule has 3 amide bonds. The molecular weight excluding hydrogens is 290 g/mol. The van der Waals surface area contributed by atoms with Crippen LogP contribution in [0.3, 0.4) is 0 Å². The highest BCUT2D eigenvalue weighted by Gasteiger charge is 2.33. The maximum absolute atomic E-state index is 12.5. The average Bonchev–Trinajstić information content (AvgIpc) is 2.79. The Hall–Kier alpha value is -2.04. The molecule has 126 valence electrons. The molecule has 1 aliphatic rings. The van der Waals surface area contributed by atoms with Crippen molar-refractivity contribution in [1.29, 1.82) is 0 Å². The maximum atomic E-state index is 12.5. The first-order valence-electron chi connectivity index (χ1n) is 8.25. The Morgan fingerprint density at radius 1 is 1.17 bits per heavy atom. The topological polar surface area (TPSA) is 52.7 Å². The molecule has 0 unspecified atom stereocenters. The van der Waals surface area contributed by atoms with Crippen LogP contribution in [0.4, 0.5) is 10.5 Å². The Labute approximate surface area is 138 Å². The number of anilines is 1. The van der Waals surface area contributed by atoms with E-state index in [1.54, 1.807) is 9.80 Å². The van der Waals surface area contributed by atoms with E-state index in [1.807, 2.05) is 58.9 Å². The standard InChI is InChI=1S/C18H27N3O2/c1-12(2)21(13(3)4)18(23)19-15-10-17(22)20(11-15)16-8-6-14(5)7-9-16/h6-9,12-13,15H,10-11H2,1-5H3,(H,19,23)/t15-/m1/s1. The van der Waals surface area contributed by atoms with E-state index in [9.17, 15) is 9.59 Å². The maximum Gasteiger partial charge on any atom is 0.318 e. The number of urea groups is 1. The van der Waals surface area contributed by atoms with Crippen LogP contribution in [0.2, 0.25) is 0 Å². The molecule has 1 atom stereocenters. The second-order valence-electron chi connectivity index (χ2n) is 6.79. The quantitative estimate of drug-likeness (QED) is 0.928. The zero-order valence-electron chi connectivity index (χ0n) is 14.7. The van der Waals surface area contributed by atoms with Crippen molar-refractivity contribution in [1.82, 2.24) is 10.2 Å². The van der Waals surface area contributed by atoms with Gasteiger partial charge in [-0.1, -0.05) is 17.7 Å². The predicted octanol–water partition coefficient (Wildman–Crippen LogP) is 2.93. The largest absolute Gasteiger partial charge is 0.333 e. The molecule has 1 saturated heterocycles. The second kappa shape index (κ2) is 7.02. The van der Waals surface area contributed by atoms with Crippen LogP contribution in [0.25, 0.3) is 0 Å². The Kier molecular flexibility index (Phi) is 5.29. The van der Waals surface area contributed by atoms with Gasteiger partial charge in [0.15, 0.2) is 0 Å². The van der Waals surface area contributed by atoms with Gasteiger partial charge in [-0.25, -0.2) is 4.79 Å². The lowest BCUT2D eigenvalue weighted by Crippen LogP contribution is -2.51. The summed E-state index contributed by atoms with van der Waals surface area (Å²) in [7, 11) is 0. The molecule has 0 aromatic heterocycles. The highest BCUT2D eigenvalue weighted by molar-refractivity contribution is 5.96. The van der Waals surface area contributed by atoms with Gasteiger partial charge < -0.3 is 15.1 Å². The van der Waals surface area contributed by atoms with Crippen molar-refractivity contribution in [2.24, 2.45) is 0 Å². The third kappa shape index (κ3) is 4.03. The molecule has 1 aromatic carbocycles. The number of carbonyl (C=O) groups excluding carboxylic acids is 2. The number of nitrogens with one attached hydrogen (secondary N) is 1. The minimum absolute atomic E-state index is 0.0554. The summed E-state index contributed by atoms with van der Waals surface area (Å²) in [4.78, 5) is 28.3. The van der Waals surface area contributed by atoms with Crippen molar-refractivity contribution >= 4 is 17.6 Å². The summed E-state index contributed by atoms with van der Waals surface area (Å²) in [5.74, 6) is 0.0554. The lowest BCUT2D eigenvalue weighted by molar-refractivity contribution is -0.117. The molecule has 23 heavy (non-hydrogen) atoms. The monoisotopic (exact) mass is 317 g/mol. The molecule has 0 saturated carbocycles. The molecular formula is C18H27N3O2. The van der Waals surface area contributed by atoms with E-state index in [2.05, 4.69) is 5.32 Å². The van der Waals surface area contributed by atoms with E-state index in [-0.39, 0.29) is 30.1 Å². The zero-order chi connectivity index (χ0) is 17.1. The van der Waals surface area contributed by atoms with Crippen LogP contribution < -0.4 is 10.2 Å². The number of benzene rings is 1. The van der Waals surface area contributed by atoms with E-state index >= 15 is 0 Å². The summed E-state index contributed by atoms with van der Waals surface area (Å²) in [5.41, 5.74) is 2.05. The average molecular weight is 317 g/mol. The summed E-state index contributed by atoms with van der Waals surface area (Å²) < 4.78 is 0. The van der Waals surface area contributed by atoms with Gasteiger partial charge in [0, 0.05) is 30.7 Å². The zero-order valence-corrected chi connectivity index (χ0v) is 14.7. The van der Waals surface area contributed by atoms with Gasteiger partial charge in [-0.2, -0.15) is 0 Å². The van der Waals surface area contributed by atoms with Gasteiger partial charge in [-0.3, -0.25) is 4.79 Å². The number of rotatable bonds is 4. The van der Waals surface area contributed by atoms with Crippen LogP contribution >= 0.6 is 0 Å². The van der Waals surface area contributed by atoms with Gasteiger partial charge in [0.05, 0.1) is 6.04 Å². The van der Waals surface area contributed by atoms with E-state index in [0.29, 0.717) is 13.0 Å². The molecule has 5 heteroatoms. The summed E-state index contributed by atoms with van der Waals surface area (Å²) in [6, 6.07) is 7.90. The molecule has 5 nitrogen and oxygen atoms in total. The molecule has 2 rings (SSSR count). The van der Waals surface area contributed by atoms with Gasteiger partial charge in [0.25, 0.3) is 0 Å². The Morgan fingerprint density at radius 3 is 2.26 bits per heavy atom. The first-order chi connectivity index (χ1) is 10.8. The third-order valence-electron chi connectivity index (χ3n) is 4.15. The van der Waals surface area contributed by atoms with Crippen LogP contribution in [-0.2, 0) is 4.79 Å². The summed E-state index contributed by atoms with van der Waals surface area (Å²) >= 11 is 0. The predicted molar refractivity (Wildman–Crippen MR) is 92.6 cm³/mol. The number of hydrogen-bond donors (Lipinski definition) is 1. The van der Waals surface area contributed by atoms with Crippen molar-refractivity contribution in [3.05, 3.63) is 29.8 Å². The molecule has 0 aliphatic carbocycles. The molecule has 0 bridgehead atoms. The van der Waals surface area contributed by atoms with E-state index in [4.69, 9.17) is 0 Å². The fraction of sp³-hybridized carbons (Fsp3) is 0.556. The van der Waals surface area contributed by atoms with Crippen molar-refractivity contribution in [2.75, 3.05) is 11.4 Å². The Morgan fingerprint density at radius 2 is 1.74 bits per heavy atom. The smallest absolute Gasteiger partial charge is 0.318 e. The minimum Gasteiger partial charge on any atom is -0.333 e. The lowest BCUT2D eigenvalue weighted by atomic mass is 10.2. The van der Waals surface area contributed by atoms with Crippen LogP contribution in [0.1, 0.15) is 39.7 Å². The number of hydrogen-bond acceptors (Lipinski definition) is 2. The van der Waals surface area contributed by atoms with Crippen molar-refractivity contribution < 1.29 is 9.59 Å². The second-order valence-corrected chi connectivity index (χ2v) is 6.79. The molecule has 0 radical (unpaired) electrons. The van der Waals surface area contributed by atoms with Gasteiger partial charge in [0.1, 0.15) is 0 Å². The summed E-state index contributed by atoms with van der Waals surface area (Å²) in [5, 5.41) is 3.01. The first-order valence-corrected chi connectivity index (χ1v) is 8.25.